The molecule has 6 heteroatoms. The number of benzene rings is 1. The highest BCUT2D eigenvalue weighted by molar-refractivity contribution is 9.10. The third kappa shape index (κ3) is 3.63. The van der Waals surface area contributed by atoms with Crippen molar-refractivity contribution >= 4 is 15.9 Å². The molecular weight excluding hydrogens is 337 g/mol. The molecule has 0 aliphatic rings. The molecule has 1 aromatic heterocycles. The van der Waals surface area contributed by atoms with Crippen molar-refractivity contribution in [1.29, 1.82) is 0 Å². The van der Waals surface area contributed by atoms with E-state index < -0.39 is 0 Å². The maximum absolute atomic E-state index is 13.3. The summed E-state index contributed by atoms with van der Waals surface area (Å²) < 4.78 is 21.9. The molecule has 114 valence electrons. The molecule has 0 saturated heterocycles. The van der Waals surface area contributed by atoms with Gasteiger partial charge in [-0.15, -0.1) is 0 Å². The van der Waals surface area contributed by atoms with E-state index in [0.29, 0.717) is 18.9 Å². The fourth-order valence-electron chi connectivity index (χ4n) is 2.14. The van der Waals surface area contributed by atoms with E-state index >= 15 is 0 Å². The van der Waals surface area contributed by atoms with Gasteiger partial charge in [0.05, 0.1) is 15.9 Å². The van der Waals surface area contributed by atoms with Gasteiger partial charge in [-0.3, -0.25) is 4.68 Å². The Hall–Kier alpha value is -1.40. The Kier molecular flexibility index (Phi) is 5.36. The maximum Gasteiger partial charge on any atom is 0.131 e. The first-order chi connectivity index (χ1) is 10.1. The number of rotatable bonds is 6. The summed E-state index contributed by atoms with van der Waals surface area (Å²) >= 11 is 3.56. The Balaban J connectivity index is 2.18. The van der Waals surface area contributed by atoms with Gasteiger partial charge in [-0.1, -0.05) is 6.92 Å². The van der Waals surface area contributed by atoms with Crippen molar-refractivity contribution in [2.45, 2.75) is 26.5 Å². The molecule has 1 aromatic carbocycles. The molecule has 0 fully saturated rings. The molecule has 2 rings (SSSR count). The van der Waals surface area contributed by atoms with Crippen LogP contribution >= 0.6 is 15.9 Å². The van der Waals surface area contributed by atoms with Crippen LogP contribution in [-0.2, 0) is 26.6 Å². The SMILES string of the molecule is CCc1nn(C)c(COc2ccc(F)cc2CNC)c1Br. The zero-order valence-corrected chi connectivity index (χ0v) is 14.0. The molecule has 0 radical (unpaired) electrons. The summed E-state index contributed by atoms with van der Waals surface area (Å²) in [6.45, 7) is 3.00. The average Bonchev–Trinajstić information content (AvgIpc) is 2.73. The summed E-state index contributed by atoms with van der Waals surface area (Å²) in [6, 6.07) is 4.55. The zero-order chi connectivity index (χ0) is 15.4. The summed E-state index contributed by atoms with van der Waals surface area (Å²) in [5.74, 6) is 0.416. The average molecular weight is 356 g/mol. The second-order valence-electron chi connectivity index (χ2n) is 4.76. The fourth-order valence-corrected chi connectivity index (χ4v) is 2.87. The van der Waals surface area contributed by atoms with Gasteiger partial charge in [0.15, 0.2) is 0 Å². The van der Waals surface area contributed by atoms with Crippen LogP contribution in [0.3, 0.4) is 0 Å². The number of hydrogen-bond donors (Lipinski definition) is 1. The zero-order valence-electron chi connectivity index (χ0n) is 12.4. The third-order valence-electron chi connectivity index (χ3n) is 3.26. The van der Waals surface area contributed by atoms with Crippen LogP contribution in [0.4, 0.5) is 4.39 Å². The Morgan fingerprint density at radius 2 is 2.19 bits per heavy atom. The lowest BCUT2D eigenvalue weighted by Gasteiger charge is -2.12. The number of aryl methyl sites for hydroxylation is 2. The maximum atomic E-state index is 13.3. The molecule has 0 atom stereocenters. The normalized spacial score (nSPS) is 10.9. The Morgan fingerprint density at radius 1 is 1.43 bits per heavy atom. The van der Waals surface area contributed by atoms with Crippen molar-refractivity contribution < 1.29 is 9.13 Å². The van der Waals surface area contributed by atoms with Gasteiger partial charge in [0, 0.05) is 19.2 Å². The van der Waals surface area contributed by atoms with Gasteiger partial charge in [-0.25, -0.2) is 4.39 Å². The predicted octanol–water partition coefficient (Wildman–Crippen LogP) is 3.18. The molecule has 0 aliphatic heterocycles. The smallest absolute Gasteiger partial charge is 0.131 e. The number of nitrogens with zero attached hydrogens (tertiary/aromatic N) is 2. The highest BCUT2D eigenvalue weighted by Gasteiger charge is 2.14. The minimum Gasteiger partial charge on any atom is -0.487 e. The van der Waals surface area contributed by atoms with E-state index in [1.165, 1.54) is 12.1 Å². The van der Waals surface area contributed by atoms with E-state index in [4.69, 9.17) is 4.74 Å². The van der Waals surface area contributed by atoms with Crippen LogP contribution < -0.4 is 10.1 Å². The molecule has 21 heavy (non-hydrogen) atoms. The van der Waals surface area contributed by atoms with Gasteiger partial charge >= 0.3 is 0 Å². The van der Waals surface area contributed by atoms with Crippen molar-refractivity contribution in [3.8, 4) is 5.75 Å². The second-order valence-corrected chi connectivity index (χ2v) is 5.55. The Morgan fingerprint density at radius 3 is 2.81 bits per heavy atom. The van der Waals surface area contributed by atoms with Gasteiger partial charge in [0.25, 0.3) is 0 Å². The first-order valence-corrected chi connectivity index (χ1v) is 7.62. The molecule has 0 unspecified atom stereocenters. The molecule has 0 saturated carbocycles. The number of aromatic nitrogens is 2. The monoisotopic (exact) mass is 355 g/mol. The predicted molar refractivity (Wildman–Crippen MR) is 83.8 cm³/mol. The second kappa shape index (κ2) is 7.04. The van der Waals surface area contributed by atoms with Crippen molar-refractivity contribution in [2.24, 2.45) is 7.05 Å². The summed E-state index contributed by atoms with van der Waals surface area (Å²) in [5, 5.41) is 7.44. The minimum absolute atomic E-state index is 0.261. The van der Waals surface area contributed by atoms with Gasteiger partial charge < -0.3 is 10.1 Å². The standard InChI is InChI=1S/C15H19BrFN3O/c1-4-12-15(16)13(20(3)19-12)9-21-14-6-5-11(17)7-10(14)8-18-2/h5-7,18H,4,8-9H2,1-3H3. The van der Waals surface area contributed by atoms with Gasteiger partial charge in [-0.2, -0.15) is 5.10 Å². The van der Waals surface area contributed by atoms with Crippen LogP contribution in [0.15, 0.2) is 22.7 Å². The lowest BCUT2D eigenvalue weighted by atomic mass is 10.2. The van der Waals surface area contributed by atoms with E-state index in [1.54, 1.807) is 6.07 Å². The molecule has 0 amide bonds. The van der Waals surface area contributed by atoms with E-state index in [1.807, 2.05) is 18.8 Å². The molecule has 0 bridgehead atoms. The Bertz CT molecular complexity index is 628. The van der Waals surface area contributed by atoms with Crippen molar-refractivity contribution in [3.05, 3.63) is 45.4 Å². The van der Waals surface area contributed by atoms with Crippen LogP contribution in [0.25, 0.3) is 0 Å². The topological polar surface area (TPSA) is 39.1 Å². The fraction of sp³-hybridized carbons (Fsp3) is 0.400. The van der Waals surface area contributed by atoms with Gasteiger partial charge in [0.2, 0.25) is 0 Å². The van der Waals surface area contributed by atoms with Crippen LogP contribution in [0.5, 0.6) is 5.75 Å². The first-order valence-electron chi connectivity index (χ1n) is 6.82. The number of ether oxygens (including phenoxy) is 1. The van der Waals surface area contributed by atoms with Crippen LogP contribution in [0, 0.1) is 5.82 Å². The lowest BCUT2D eigenvalue weighted by molar-refractivity contribution is 0.290. The van der Waals surface area contributed by atoms with Crippen molar-refractivity contribution in [1.82, 2.24) is 15.1 Å². The molecule has 1 heterocycles. The summed E-state index contributed by atoms with van der Waals surface area (Å²) in [7, 11) is 3.71. The van der Waals surface area contributed by atoms with E-state index in [0.717, 1.165) is 27.8 Å². The van der Waals surface area contributed by atoms with Crippen LogP contribution in [0.1, 0.15) is 23.9 Å². The summed E-state index contributed by atoms with van der Waals surface area (Å²) in [6.07, 6.45) is 0.857. The molecule has 2 aromatic rings. The van der Waals surface area contributed by atoms with E-state index in [2.05, 4.69) is 33.3 Å². The van der Waals surface area contributed by atoms with E-state index in [-0.39, 0.29) is 5.82 Å². The largest absolute Gasteiger partial charge is 0.487 e. The third-order valence-corrected chi connectivity index (χ3v) is 4.17. The van der Waals surface area contributed by atoms with E-state index in [9.17, 15) is 4.39 Å². The van der Waals surface area contributed by atoms with Crippen molar-refractivity contribution in [3.63, 3.8) is 0 Å². The first kappa shape index (κ1) is 16.0. The lowest BCUT2D eigenvalue weighted by Crippen LogP contribution is -2.09. The molecule has 1 N–H and O–H groups in total. The minimum atomic E-state index is -0.261. The van der Waals surface area contributed by atoms with Gasteiger partial charge in [0.1, 0.15) is 18.2 Å². The number of halogens is 2. The molecular formula is C15H19BrFN3O. The van der Waals surface area contributed by atoms with Gasteiger partial charge in [-0.05, 0) is 47.6 Å². The Labute approximate surface area is 132 Å². The number of hydrogen-bond acceptors (Lipinski definition) is 3. The summed E-state index contributed by atoms with van der Waals surface area (Å²) in [5.41, 5.74) is 2.77. The quantitative estimate of drug-likeness (QED) is 0.864. The number of nitrogens with one attached hydrogen (secondary N) is 1. The van der Waals surface area contributed by atoms with Crippen LogP contribution in [0.2, 0.25) is 0 Å². The van der Waals surface area contributed by atoms with Crippen molar-refractivity contribution in [2.75, 3.05) is 7.05 Å². The molecule has 0 spiro atoms. The highest BCUT2D eigenvalue weighted by Crippen LogP contribution is 2.25. The molecule has 0 aliphatic carbocycles. The highest BCUT2D eigenvalue weighted by atomic mass is 79.9. The van der Waals surface area contributed by atoms with Crippen LogP contribution in [-0.4, -0.2) is 16.8 Å². The summed E-state index contributed by atoms with van der Waals surface area (Å²) in [4.78, 5) is 0. The molecule has 4 nitrogen and oxygen atoms in total.